The molecule has 0 radical (unpaired) electrons. The van der Waals surface area contributed by atoms with Gasteiger partial charge in [0, 0.05) is 38.9 Å². The summed E-state index contributed by atoms with van der Waals surface area (Å²) in [5.41, 5.74) is 1.57. The molecule has 3 amide bonds. The van der Waals surface area contributed by atoms with Gasteiger partial charge in [-0.1, -0.05) is 18.2 Å². The average molecular weight is 463 g/mol. The first-order valence-electron chi connectivity index (χ1n) is 10.3. The Bertz CT molecular complexity index is 875. The minimum absolute atomic E-state index is 0.0644. The maximum atomic E-state index is 11.6. The van der Waals surface area contributed by atoms with Gasteiger partial charge in [0.1, 0.15) is 11.9 Å². The van der Waals surface area contributed by atoms with E-state index >= 15 is 0 Å². The molecule has 2 saturated heterocycles. The molecule has 9 nitrogen and oxygen atoms in total. The summed E-state index contributed by atoms with van der Waals surface area (Å²) in [6.45, 7) is 9.20. The lowest BCUT2D eigenvalue weighted by Gasteiger charge is -2.30. The van der Waals surface area contributed by atoms with Gasteiger partial charge in [-0.3, -0.25) is 14.9 Å². The Morgan fingerprint density at radius 2 is 1.88 bits per heavy atom. The number of hydrogen-bond donors (Lipinski definition) is 2. The third-order valence-electron chi connectivity index (χ3n) is 4.38. The number of benzene rings is 1. The Balaban J connectivity index is 0.000000262. The van der Waals surface area contributed by atoms with Crippen LogP contribution in [0, 0.1) is 0 Å². The quantitative estimate of drug-likeness (QED) is 0.519. The van der Waals surface area contributed by atoms with E-state index in [0.29, 0.717) is 11.2 Å². The summed E-state index contributed by atoms with van der Waals surface area (Å²) in [4.78, 5) is 47.9. The highest BCUT2D eigenvalue weighted by Crippen LogP contribution is 2.29. The Morgan fingerprint density at radius 3 is 2.44 bits per heavy atom. The number of carbonyl (C=O) groups excluding carboxylic acids is 4. The fraction of sp³-hybridized carbons (Fsp3) is 0.455. The predicted molar refractivity (Wildman–Crippen MR) is 126 cm³/mol. The number of amides is 3. The van der Waals surface area contributed by atoms with Gasteiger partial charge in [0.05, 0.1) is 11.4 Å². The molecule has 1 aromatic carbocycles. The van der Waals surface area contributed by atoms with Crippen LogP contribution in [0.3, 0.4) is 0 Å². The van der Waals surface area contributed by atoms with Gasteiger partial charge >= 0.3 is 6.09 Å². The smallest absolute Gasteiger partial charge is 0.410 e. The third kappa shape index (κ3) is 8.01. The Hall–Kier alpha value is -2.85. The second kappa shape index (κ2) is 11.7. The summed E-state index contributed by atoms with van der Waals surface area (Å²) in [5, 5.41) is 5.29. The molecule has 10 heteroatoms. The Labute approximate surface area is 192 Å². The van der Waals surface area contributed by atoms with Gasteiger partial charge in [0.2, 0.25) is 0 Å². The van der Waals surface area contributed by atoms with Crippen molar-refractivity contribution in [1.82, 2.24) is 15.5 Å². The molecule has 32 heavy (non-hydrogen) atoms. The first-order valence-corrected chi connectivity index (χ1v) is 11.1. The lowest BCUT2D eigenvalue weighted by molar-refractivity contribution is -0.115. The number of carbonyl (C=O) groups is 4. The van der Waals surface area contributed by atoms with Crippen LogP contribution in [0.5, 0.6) is 0 Å². The van der Waals surface area contributed by atoms with Gasteiger partial charge < -0.3 is 24.6 Å². The van der Waals surface area contributed by atoms with Gasteiger partial charge in [-0.25, -0.2) is 4.79 Å². The maximum absolute atomic E-state index is 11.6. The van der Waals surface area contributed by atoms with E-state index in [0.717, 1.165) is 49.2 Å². The third-order valence-corrected chi connectivity index (χ3v) is 5.19. The van der Waals surface area contributed by atoms with Crippen LogP contribution < -0.4 is 15.5 Å². The van der Waals surface area contributed by atoms with Crippen molar-refractivity contribution in [3.8, 4) is 0 Å². The minimum atomic E-state index is -0.506. The molecule has 0 bridgehead atoms. The molecule has 2 heterocycles. The van der Waals surface area contributed by atoms with Crippen molar-refractivity contribution < 1.29 is 23.9 Å². The number of hydrogen-bond acceptors (Lipinski definition) is 8. The number of aldehydes is 1. The van der Waals surface area contributed by atoms with Crippen molar-refractivity contribution in [2.24, 2.45) is 0 Å². The van der Waals surface area contributed by atoms with Crippen LogP contribution in [0.25, 0.3) is 6.08 Å². The lowest BCUT2D eigenvalue weighted by Crippen LogP contribution is -2.43. The van der Waals surface area contributed by atoms with E-state index in [1.54, 1.807) is 26.8 Å². The zero-order valence-electron chi connectivity index (χ0n) is 18.8. The van der Waals surface area contributed by atoms with Crippen molar-refractivity contribution in [1.29, 1.82) is 0 Å². The molecule has 0 atom stereocenters. The monoisotopic (exact) mass is 462 g/mol. The molecule has 3 rings (SSSR count). The number of rotatable bonds is 4. The predicted octanol–water partition coefficient (Wildman–Crippen LogP) is 2.47. The number of piperazine rings is 1. The molecule has 0 aliphatic carbocycles. The Morgan fingerprint density at radius 1 is 1.22 bits per heavy atom. The molecule has 2 fully saturated rings. The number of nitrogens with one attached hydrogen (secondary N) is 2. The van der Waals surface area contributed by atoms with E-state index in [2.05, 4.69) is 21.6 Å². The van der Waals surface area contributed by atoms with Crippen LogP contribution in [0.1, 0.15) is 26.3 Å². The molecule has 2 N–H and O–H groups in total. The van der Waals surface area contributed by atoms with Gasteiger partial charge in [0.15, 0.2) is 0 Å². The normalized spacial score (nSPS) is 17.4. The summed E-state index contributed by atoms with van der Waals surface area (Å²) in [7, 11) is 1.52. The maximum Gasteiger partial charge on any atom is 0.410 e. The van der Waals surface area contributed by atoms with E-state index in [1.807, 2.05) is 18.2 Å². The molecular weight excluding hydrogens is 432 g/mol. The standard InChI is InChI=1S/C14H15N3O2S.C8H15NO3/c18-13-12(20-14(19)16-13)9-10-3-1-2-4-11(10)17-7-5-15-6-8-17;1-8(2,3)12-7(11)9(4)5-6-10/h1-4,9,15H,5-8H2,(H,16,18,19);6H,5H2,1-4H3/b12-9-;. The molecule has 0 aromatic heterocycles. The fourth-order valence-corrected chi connectivity index (χ4v) is 3.56. The number of imide groups is 1. The van der Waals surface area contributed by atoms with Crippen molar-refractivity contribution in [3.05, 3.63) is 34.7 Å². The first-order chi connectivity index (χ1) is 15.1. The van der Waals surface area contributed by atoms with Crippen molar-refractivity contribution >= 4 is 47.1 Å². The molecule has 1 aromatic rings. The number of anilines is 1. The molecule has 2 aliphatic rings. The SMILES string of the molecule is CN(CC=O)C(=O)OC(C)(C)C.O=C1NC(=O)/C(=C/c2ccccc2N2CCNCC2)S1. The summed E-state index contributed by atoms with van der Waals surface area (Å²) in [6, 6.07) is 7.96. The van der Waals surface area contributed by atoms with Crippen LogP contribution in [0.15, 0.2) is 29.2 Å². The van der Waals surface area contributed by atoms with Crippen molar-refractivity contribution in [2.45, 2.75) is 26.4 Å². The number of para-hydroxylation sites is 1. The zero-order valence-corrected chi connectivity index (χ0v) is 19.7. The number of ether oxygens (including phenoxy) is 1. The van der Waals surface area contributed by atoms with Gasteiger partial charge in [-0.05, 0) is 50.2 Å². The summed E-state index contributed by atoms with van der Waals surface area (Å²) in [6.07, 6.45) is 1.97. The molecule has 0 spiro atoms. The van der Waals surface area contributed by atoms with Crippen LogP contribution >= 0.6 is 11.8 Å². The van der Waals surface area contributed by atoms with Crippen molar-refractivity contribution in [3.63, 3.8) is 0 Å². The van der Waals surface area contributed by atoms with E-state index in [9.17, 15) is 19.2 Å². The van der Waals surface area contributed by atoms with Gasteiger partial charge in [0.25, 0.3) is 11.1 Å². The van der Waals surface area contributed by atoms with Gasteiger partial charge in [-0.15, -0.1) is 0 Å². The number of nitrogens with zero attached hydrogens (tertiary/aromatic N) is 2. The molecule has 2 aliphatic heterocycles. The number of thioether (sulfide) groups is 1. The molecule has 0 saturated carbocycles. The second-order valence-electron chi connectivity index (χ2n) is 8.18. The highest BCUT2D eigenvalue weighted by Gasteiger charge is 2.25. The molecular formula is C22H30N4O5S. The summed E-state index contributed by atoms with van der Waals surface area (Å²) in [5.74, 6) is -0.310. The van der Waals surface area contributed by atoms with E-state index in [4.69, 9.17) is 4.74 Å². The lowest BCUT2D eigenvalue weighted by atomic mass is 10.1. The highest BCUT2D eigenvalue weighted by atomic mass is 32.2. The second-order valence-corrected chi connectivity index (χ2v) is 9.19. The fourth-order valence-electron chi connectivity index (χ4n) is 2.89. The largest absolute Gasteiger partial charge is 0.444 e. The highest BCUT2D eigenvalue weighted by molar-refractivity contribution is 8.18. The van der Waals surface area contributed by atoms with Crippen LogP contribution in [-0.2, 0) is 14.3 Å². The van der Waals surface area contributed by atoms with E-state index in [-0.39, 0.29) is 17.7 Å². The molecule has 0 unspecified atom stereocenters. The van der Waals surface area contributed by atoms with Crippen molar-refractivity contribution in [2.75, 3.05) is 44.7 Å². The first kappa shape index (κ1) is 25.4. The average Bonchev–Trinajstić information content (AvgIpc) is 3.05. The summed E-state index contributed by atoms with van der Waals surface area (Å²) >= 11 is 0.955. The zero-order chi connectivity index (χ0) is 23.7. The Kier molecular flexibility index (Phi) is 9.27. The van der Waals surface area contributed by atoms with E-state index < -0.39 is 11.7 Å². The minimum Gasteiger partial charge on any atom is -0.444 e. The topological polar surface area (TPSA) is 108 Å². The van der Waals surface area contributed by atoms with Crippen LogP contribution in [-0.4, -0.2) is 73.8 Å². The van der Waals surface area contributed by atoms with E-state index in [1.165, 1.54) is 11.9 Å². The summed E-state index contributed by atoms with van der Waals surface area (Å²) < 4.78 is 4.98. The molecule has 174 valence electrons. The van der Waals surface area contributed by atoms with Gasteiger partial charge in [-0.2, -0.15) is 0 Å². The van der Waals surface area contributed by atoms with Crippen LogP contribution in [0.2, 0.25) is 0 Å². The number of likely N-dealkylation sites (N-methyl/N-ethyl adjacent to an activating group) is 1. The van der Waals surface area contributed by atoms with Crippen LogP contribution in [0.4, 0.5) is 15.3 Å².